The van der Waals surface area contributed by atoms with Crippen LogP contribution in [0, 0.1) is 0 Å². The van der Waals surface area contributed by atoms with Crippen molar-refractivity contribution in [1.82, 2.24) is 0 Å². The lowest BCUT2D eigenvalue weighted by atomic mass is 9.97. The standard InChI is InChI=1S/C16H4F26O4/c17-5(18,9(25,26)13(33,34)35)7(21,22)11(29,30)15(39,40)45-3(43)1-2-4(44)46-16(41,42)12(31,32)8(23,24)6(19,20)10(27,28)14(36,37)38/h1-2H2. The number of rotatable bonds is 13. The van der Waals surface area contributed by atoms with Crippen LogP contribution in [0.3, 0.4) is 0 Å². The molecule has 0 aliphatic heterocycles. The molecule has 0 bridgehead atoms. The van der Waals surface area contributed by atoms with E-state index >= 15 is 0 Å². The molecule has 30 heteroatoms. The van der Waals surface area contributed by atoms with Gasteiger partial charge in [0.15, 0.2) is 0 Å². The maximum absolute atomic E-state index is 13.4. The van der Waals surface area contributed by atoms with Crippen LogP contribution in [0.15, 0.2) is 0 Å². The Labute approximate surface area is 231 Å². The summed E-state index contributed by atoms with van der Waals surface area (Å²) in [5.74, 6) is -74.3. The summed E-state index contributed by atoms with van der Waals surface area (Å²) in [5, 5.41) is 0. The molecule has 0 N–H and O–H groups in total. The molecule has 0 atom stereocenters. The summed E-state index contributed by atoms with van der Waals surface area (Å²) in [4.78, 5) is 22.1. The van der Waals surface area contributed by atoms with E-state index in [9.17, 15) is 124 Å². The molecule has 0 aromatic carbocycles. The Morgan fingerprint density at radius 2 is 0.478 bits per heavy atom. The quantitative estimate of drug-likeness (QED) is 0.141. The number of carbonyl (C=O) groups excluding carboxylic acids is 2. The first-order chi connectivity index (χ1) is 19.5. The lowest BCUT2D eigenvalue weighted by Gasteiger charge is -2.39. The fourth-order valence-electron chi connectivity index (χ4n) is 2.23. The number of halogens is 26. The topological polar surface area (TPSA) is 52.6 Å². The predicted molar refractivity (Wildman–Crippen MR) is 83.0 cm³/mol. The summed E-state index contributed by atoms with van der Waals surface area (Å²) in [5.41, 5.74) is 0. The molecule has 0 heterocycles. The number of esters is 2. The molecule has 46 heavy (non-hydrogen) atoms. The van der Waals surface area contributed by atoms with Crippen molar-refractivity contribution < 1.29 is 133 Å². The van der Waals surface area contributed by atoms with Gasteiger partial charge in [0.05, 0.1) is 12.8 Å². The maximum atomic E-state index is 13.4. The molecule has 4 nitrogen and oxygen atoms in total. The fourth-order valence-corrected chi connectivity index (χ4v) is 2.23. The highest BCUT2D eigenvalue weighted by atomic mass is 19.4. The van der Waals surface area contributed by atoms with Crippen molar-refractivity contribution in [3.63, 3.8) is 0 Å². The SMILES string of the molecule is O=C(CCC(=O)OC(F)(F)C(F)(F)C(F)(F)C(F)(F)C(F)(F)C(F)(F)F)OC(F)(F)C(F)(F)C(F)(F)C(F)(F)C(F)(F)C(F)(F)F. The Kier molecular flexibility index (Phi) is 10.7. The van der Waals surface area contributed by atoms with E-state index in [4.69, 9.17) is 0 Å². The van der Waals surface area contributed by atoms with Crippen LogP contribution in [0.2, 0.25) is 0 Å². The predicted octanol–water partition coefficient (Wildman–Crippen LogP) is 8.25. The highest BCUT2D eigenvalue weighted by Gasteiger charge is 2.93. The number of hydrogen-bond acceptors (Lipinski definition) is 4. The van der Waals surface area contributed by atoms with Crippen molar-refractivity contribution in [2.45, 2.75) is 84.8 Å². The van der Waals surface area contributed by atoms with Gasteiger partial charge in [0.1, 0.15) is 0 Å². The van der Waals surface area contributed by atoms with Crippen molar-refractivity contribution in [2.24, 2.45) is 0 Å². The van der Waals surface area contributed by atoms with Crippen LogP contribution in [0.1, 0.15) is 12.8 Å². The van der Waals surface area contributed by atoms with Crippen LogP contribution in [0.5, 0.6) is 0 Å². The summed E-state index contributed by atoms with van der Waals surface area (Å²) < 4.78 is 339. The van der Waals surface area contributed by atoms with Gasteiger partial charge in [0, 0.05) is 0 Å². The van der Waals surface area contributed by atoms with Crippen molar-refractivity contribution in [2.75, 3.05) is 0 Å². The normalized spacial score (nSPS) is 16.0. The van der Waals surface area contributed by atoms with Crippen molar-refractivity contribution in [3.8, 4) is 0 Å². The Hall–Kier alpha value is -2.88. The Balaban J connectivity index is 6.00. The van der Waals surface area contributed by atoms with Gasteiger partial charge in [-0.1, -0.05) is 0 Å². The molecule has 0 amide bonds. The first-order valence-electron chi connectivity index (χ1n) is 9.85. The van der Waals surface area contributed by atoms with Gasteiger partial charge in [-0.25, -0.2) is 0 Å². The molecule has 0 fully saturated rings. The largest absolute Gasteiger partial charge is 0.473 e. The van der Waals surface area contributed by atoms with Crippen LogP contribution in [-0.4, -0.2) is 83.9 Å². The van der Waals surface area contributed by atoms with E-state index in [1.807, 2.05) is 0 Å². The molecule has 274 valence electrons. The van der Waals surface area contributed by atoms with Crippen molar-refractivity contribution in [1.29, 1.82) is 0 Å². The second-order valence-corrected chi connectivity index (χ2v) is 8.07. The molecule has 0 saturated heterocycles. The number of hydrogen-bond donors (Lipinski definition) is 0. The van der Waals surface area contributed by atoms with Gasteiger partial charge in [-0.15, -0.1) is 0 Å². The fraction of sp³-hybridized carbons (Fsp3) is 0.875. The second-order valence-electron chi connectivity index (χ2n) is 8.07. The lowest BCUT2D eigenvalue weighted by Crippen LogP contribution is -2.70. The molecule has 0 unspecified atom stereocenters. The van der Waals surface area contributed by atoms with E-state index < -0.39 is 96.7 Å². The average molecular weight is 754 g/mol. The minimum Gasteiger partial charge on any atom is -0.396 e. The Bertz CT molecular complexity index is 1040. The third-order valence-electron chi connectivity index (χ3n) is 4.83. The van der Waals surface area contributed by atoms with Gasteiger partial charge in [-0.3, -0.25) is 9.59 Å². The van der Waals surface area contributed by atoms with Gasteiger partial charge in [0.2, 0.25) is 0 Å². The van der Waals surface area contributed by atoms with E-state index in [-0.39, 0.29) is 0 Å². The first kappa shape index (κ1) is 43.1. The number of carbonyl (C=O) groups is 2. The molecular formula is C16H4F26O4. The number of ether oxygens (including phenoxy) is 2. The van der Waals surface area contributed by atoms with E-state index in [1.165, 1.54) is 0 Å². The monoisotopic (exact) mass is 754 g/mol. The molecule has 0 aromatic rings. The molecule has 0 aliphatic rings. The first-order valence-corrected chi connectivity index (χ1v) is 9.85. The van der Waals surface area contributed by atoms with E-state index in [1.54, 1.807) is 0 Å². The third-order valence-corrected chi connectivity index (χ3v) is 4.83. The van der Waals surface area contributed by atoms with Crippen molar-refractivity contribution in [3.05, 3.63) is 0 Å². The van der Waals surface area contributed by atoms with Gasteiger partial charge >= 0.3 is 83.9 Å². The summed E-state index contributed by atoms with van der Waals surface area (Å²) in [7, 11) is 0. The summed E-state index contributed by atoms with van der Waals surface area (Å²) in [6.07, 6.45) is -36.6. The molecule has 0 radical (unpaired) electrons. The minimum absolute atomic E-state index is 2.08. The van der Waals surface area contributed by atoms with Crippen LogP contribution in [-0.2, 0) is 19.1 Å². The van der Waals surface area contributed by atoms with Crippen LogP contribution in [0.25, 0.3) is 0 Å². The molecule has 0 saturated carbocycles. The molecule has 0 spiro atoms. The molecule has 0 rings (SSSR count). The zero-order valence-corrected chi connectivity index (χ0v) is 19.9. The lowest BCUT2D eigenvalue weighted by molar-refractivity contribution is -0.460. The number of alkyl halides is 26. The molecule has 0 aliphatic carbocycles. The van der Waals surface area contributed by atoms with Crippen LogP contribution < -0.4 is 0 Å². The molecule has 0 aromatic heterocycles. The minimum atomic E-state index is -8.55. The van der Waals surface area contributed by atoms with E-state index in [2.05, 4.69) is 9.47 Å². The zero-order valence-electron chi connectivity index (χ0n) is 19.9. The Morgan fingerprint density at radius 3 is 0.652 bits per heavy atom. The van der Waals surface area contributed by atoms with Gasteiger partial charge < -0.3 is 9.47 Å². The molecular weight excluding hydrogens is 750 g/mol. The summed E-state index contributed by atoms with van der Waals surface area (Å²) in [6.45, 7) is 0. The highest BCUT2D eigenvalue weighted by Crippen LogP contribution is 2.62. The Morgan fingerprint density at radius 1 is 0.304 bits per heavy atom. The second kappa shape index (κ2) is 11.4. The van der Waals surface area contributed by atoms with E-state index in [0.29, 0.717) is 0 Å². The van der Waals surface area contributed by atoms with E-state index in [0.717, 1.165) is 0 Å². The third kappa shape index (κ3) is 6.35. The summed E-state index contributed by atoms with van der Waals surface area (Å²) >= 11 is 0. The average Bonchev–Trinajstić information content (AvgIpc) is 2.79. The summed E-state index contributed by atoms with van der Waals surface area (Å²) in [6, 6.07) is 0. The highest BCUT2D eigenvalue weighted by molar-refractivity contribution is 5.78. The maximum Gasteiger partial charge on any atom is 0.473 e. The van der Waals surface area contributed by atoms with Gasteiger partial charge in [-0.05, 0) is 0 Å². The van der Waals surface area contributed by atoms with Gasteiger partial charge in [0.25, 0.3) is 0 Å². The van der Waals surface area contributed by atoms with Crippen molar-refractivity contribution >= 4 is 11.9 Å². The smallest absolute Gasteiger partial charge is 0.396 e. The van der Waals surface area contributed by atoms with Gasteiger partial charge in [-0.2, -0.15) is 114 Å². The van der Waals surface area contributed by atoms with Crippen LogP contribution >= 0.6 is 0 Å². The van der Waals surface area contributed by atoms with Crippen LogP contribution in [0.4, 0.5) is 114 Å². The zero-order chi connectivity index (χ0) is 38.0.